The van der Waals surface area contributed by atoms with Gasteiger partial charge in [-0.25, -0.2) is 17.6 Å². The van der Waals surface area contributed by atoms with Gasteiger partial charge in [-0.05, 0) is 73.5 Å². The molecule has 9 heteroatoms. The number of amides is 1. The first kappa shape index (κ1) is 23.0. The number of hydrogen-bond donors (Lipinski definition) is 2. The molecule has 0 unspecified atom stereocenters. The van der Waals surface area contributed by atoms with Gasteiger partial charge in [0.1, 0.15) is 5.82 Å². The first-order valence-electron chi connectivity index (χ1n) is 9.57. The molecule has 2 N–H and O–H groups in total. The molecule has 1 amide bonds. The number of nitrogens with one attached hydrogen (secondary N) is 2. The van der Waals surface area contributed by atoms with Crippen molar-refractivity contribution in [1.82, 2.24) is 0 Å². The molecule has 3 aromatic rings. The largest absolute Gasteiger partial charge is 0.452 e. The Kier molecular flexibility index (Phi) is 6.89. The lowest BCUT2D eigenvalue weighted by Gasteiger charge is -2.13. The Morgan fingerprint density at radius 3 is 2.31 bits per heavy atom. The molecule has 0 aliphatic carbocycles. The van der Waals surface area contributed by atoms with Crippen LogP contribution in [-0.2, 0) is 19.6 Å². The molecule has 0 aliphatic heterocycles. The minimum atomic E-state index is -4.07. The van der Waals surface area contributed by atoms with Crippen LogP contribution in [0.4, 0.5) is 15.8 Å². The van der Waals surface area contributed by atoms with Crippen LogP contribution >= 0.6 is 0 Å². The number of para-hydroxylation sites is 1. The molecular formula is C23H21FN2O5S. The topological polar surface area (TPSA) is 102 Å². The molecule has 7 nitrogen and oxygen atoms in total. The lowest BCUT2D eigenvalue weighted by atomic mass is 10.1. The van der Waals surface area contributed by atoms with Crippen molar-refractivity contribution in [2.75, 3.05) is 16.6 Å². The zero-order valence-electron chi connectivity index (χ0n) is 17.4. The molecule has 0 aliphatic rings. The van der Waals surface area contributed by atoms with Gasteiger partial charge in [0.05, 0.1) is 16.1 Å². The average molecular weight is 456 g/mol. The molecule has 3 aromatic carbocycles. The van der Waals surface area contributed by atoms with Gasteiger partial charge in [-0.3, -0.25) is 9.52 Å². The Morgan fingerprint density at radius 1 is 0.938 bits per heavy atom. The minimum absolute atomic E-state index is 0.0311. The highest BCUT2D eigenvalue weighted by Crippen LogP contribution is 2.21. The Morgan fingerprint density at radius 2 is 1.62 bits per heavy atom. The van der Waals surface area contributed by atoms with Crippen molar-refractivity contribution in [1.29, 1.82) is 0 Å². The number of hydrogen-bond acceptors (Lipinski definition) is 5. The van der Waals surface area contributed by atoms with Gasteiger partial charge >= 0.3 is 5.97 Å². The summed E-state index contributed by atoms with van der Waals surface area (Å²) in [4.78, 5) is 24.5. The SMILES string of the molecule is Cc1ccc(NC(=O)COC(=O)c2ccccc2NS(=O)(=O)c2ccc(F)cc2)cc1C. The van der Waals surface area contributed by atoms with Crippen LogP contribution in [0.5, 0.6) is 0 Å². The summed E-state index contributed by atoms with van der Waals surface area (Å²) in [5, 5.41) is 2.64. The van der Waals surface area contributed by atoms with Crippen molar-refractivity contribution >= 4 is 33.3 Å². The highest BCUT2D eigenvalue weighted by Gasteiger charge is 2.20. The number of halogens is 1. The maximum absolute atomic E-state index is 13.1. The fraction of sp³-hybridized carbons (Fsp3) is 0.130. The Hall–Kier alpha value is -3.72. The van der Waals surface area contributed by atoms with E-state index in [1.165, 1.54) is 24.3 Å². The van der Waals surface area contributed by atoms with Crippen LogP contribution in [0.25, 0.3) is 0 Å². The molecule has 0 fully saturated rings. The highest BCUT2D eigenvalue weighted by molar-refractivity contribution is 7.92. The third-order valence-corrected chi connectivity index (χ3v) is 6.02. The van der Waals surface area contributed by atoms with E-state index in [-0.39, 0.29) is 16.1 Å². The van der Waals surface area contributed by atoms with Crippen LogP contribution in [0, 0.1) is 19.7 Å². The fourth-order valence-corrected chi connectivity index (χ4v) is 3.87. The average Bonchev–Trinajstić information content (AvgIpc) is 2.75. The number of ether oxygens (including phenoxy) is 1. The fourth-order valence-electron chi connectivity index (χ4n) is 2.79. The van der Waals surface area contributed by atoms with E-state index in [1.54, 1.807) is 12.1 Å². The third kappa shape index (κ3) is 5.70. The van der Waals surface area contributed by atoms with E-state index in [0.717, 1.165) is 35.4 Å². The standard InChI is InChI=1S/C23H21FN2O5S/c1-15-7-10-18(13-16(15)2)25-22(27)14-31-23(28)20-5-3-4-6-21(20)26-32(29,30)19-11-8-17(24)9-12-19/h3-13,26H,14H2,1-2H3,(H,25,27). The van der Waals surface area contributed by atoms with Crippen LogP contribution in [-0.4, -0.2) is 26.9 Å². The molecule has 0 aromatic heterocycles. The van der Waals surface area contributed by atoms with Crippen LogP contribution in [0.2, 0.25) is 0 Å². The molecule has 166 valence electrons. The summed E-state index contributed by atoms with van der Waals surface area (Å²) in [5.41, 5.74) is 2.55. The van der Waals surface area contributed by atoms with Crippen molar-refractivity contribution in [3.63, 3.8) is 0 Å². The van der Waals surface area contributed by atoms with Gasteiger partial charge in [0.15, 0.2) is 6.61 Å². The Bertz CT molecular complexity index is 1260. The maximum atomic E-state index is 13.1. The summed E-state index contributed by atoms with van der Waals surface area (Å²) in [7, 11) is -4.07. The van der Waals surface area contributed by atoms with Crippen molar-refractivity contribution in [2.45, 2.75) is 18.7 Å². The number of anilines is 2. The van der Waals surface area contributed by atoms with Gasteiger partial charge in [-0.15, -0.1) is 0 Å². The third-order valence-electron chi connectivity index (χ3n) is 4.64. The van der Waals surface area contributed by atoms with Crippen molar-refractivity contribution in [3.05, 3.63) is 89.2 Å². The van der Waals surface area contributed by atoms with Gasteiger partial charge in [0, 0.05) is 5.69 Å². The van der Waals surface area contributed by atoms with E-state index < -0.39 is 34.3 Å². The van der Waals surface area contributed by atoms with Crippen LogP contribution in [0.15, 0.2) is 71.6 Å². The molecule has 0 bridgehead atoms. The highest BCUT2D eigenvalue weighted by atomic mass is 32.2. The van der Waals surface area contributed by atoms with Gasteiger partial charge in [0.2, 0.25) is 0 Å². The quantitative estimate of drug-likeness (QED) is 0.523. The predicted molar refractivity (Wildman–Crippen MR) is 118 cm³/mol. The molecule has 0 saturated carbocycles. The number of esters is 1. The van der Waals surface area contributed by atoms with Crippen LogP contribution < -0.4 is 10.0 Å². The zero-order valence-corrected chi connectivity index (χ0v) is 18.2. The normalized spacial score (nSPS) is 11.0. The second kappa shape index (κ2) is 9.61. The summed E-state index contributed by atoms with van der Waals surface area (Å²) in [6, 6.07) is 15.5. The summed E-state index contributed by atoms with van der Waals surface area (Å²) in [6.07, 6.45) is 0. The smallest absolute Gasteiger partial charge is 0.340 e. The minimum Gasteiger partial charge on any atom is -0.452 e. The number of sulfonamides is 1. The molecule has 0 spiro atoms. The lowest BCUT2D eigenvalue weighted by Crippen LogP contribution is -2.22. The van der Waals surface area contributed by atoms with E-state index in [4.69, 9.17) is 4.74 Å². The van der Waals surface area contributed by atoms with Crippen LogP contribution in [0.3, 0.4) is 0 Å². The van der Waals surface area contributed by atoms with E-state index in [1.807, 2.05) is 19.9 Å². The molecule has 0 heterocycles. The monoisotopic (exact) mass is 456 g/mol. The second-order valence-corrected chi connectivity index (χ2v) is 8.71. The van der Waals surface area contributed by atoms with Crippen molar-refractivity contribution in [2.24, 2.45) is 0 Å². The lowest BCUT2D eigenvalue weighted by molar-refractivity contribution is -0.119. The molecule has 3 rings (SSSR count). The number of aryl methyl sites for hydroxylation is 2. The zero-order chi connectivity index (χ0) is 23.3. The summed E-state index contributed by atoms with van der Waals surface area (Å²) in [6.45, 7) is 3.31. The number of rotatable bonds is 7. The van der Waals surface area contributed by atoms with E-state index in [0.29, 0.717) is 5.69 Å². The van der Waals surface area contributed by atoms with E-state index in [9.17, 15) is 22.4 Å². The second-order valence-electron chi connectivity index (χ2n) is 7.03. The maximum Gasteiger partial charge on any atom is 0.340 e. The first-order valence-corrected chi connectivity index (χ1v) is 11.1. The molecule has 0 atom stereocenters. The summed E-state index contributed by atoms with van der Waals surface area (Å²) < 4.78 is 45.6. The van der Waals surface area contributed by atoms with Gasteiger partial charge in [-0.1, -0.05) is 18.2 Å². The van der Waals surface area contributed by atoms with E-state index in [2.05, 4.69) is 10.0 Å². The van der Waals surface area contributed by atoms with Gasteiger partial charge in [0.25, 0.3) is 15.9 Å². The summed E-state index contributed by atoms with van der Waals surface area (Å²) >= 11 is 0. The number of benzene rings is 3. The van der Waals surface area contributed by atoms with Crippen molar-refractivity contribution < 1.29 is 27.1 Å². The van der Waals surface area contributed by atoms with E-state index >= 15 is 0 Å². The predicted octanol–water partition coefficient (Wildman–Crippen LogP) is 4.04. The van der Waals surface area contributed by atoms with Crippen LogP contribution in [0.1, 0.15) is 21.5 Å². The molecule has 0 saturated heterocycles. The molecular weight excluding hydrogens is 435 g/mol. The van der Waals surface area contributed by atoms with Gasteiger partial charge in [-0.2, -0.15) is 0 Å². The summed E-state index contributed by atoms with van der Waals surface area (Å²) in [5.74, 6) is -1.99. The number of carbonyl (C=O) groups is 2. The number of carbonyl (C=O) groups excluding carboxylic acids is 2. The first-order chi connectivity index (χ1) is 15.2. The Labute approximate surface area is 185 Å². The molecule has 0 radical (unpaired) electrons. The van der Waals surface area contributed by atoms with Gasteiger partial charge < -0.3 is 10.1 Å². The molecule has 32 heavy (non-hydrogen) atoms. The van der Waals surface area contributed by atoms with Crippen molar-refractivity contribution in [3.8, 4) is 0 Å². The Balaban J connectivity index is 1.68.